The van der Waals surface area contributed by atoms with Gasteiger partial charge >= 0.3 is 34.1 Å². The molecule has 0 aromatic rings. The first-order valence-corrected chi connectivity index (χ1v) is 4.00. The molecule has 0 fully saturated rings. The predicted molar refractivity (Wildman–Crippen MR) is 78.8 cm³/mol. The molecule has 0 bridgehead atoms. The van der Waals surface area contributed by atoms with Gasteiger partial charge in [0.2, 0.25) is 0 Å². The van der Waals surface area contributed by atoms with Gasteiger partial charge in [0.25, 0.3) is 0 Å². The summed E-state index contributed by atoms with van der Waals surface area (Å²) in [5.74, 6) is 0. The van der Waals surface area contributed by atoms with Gasteiger partial charge in [-0.2, -0.15) is 0 Å². The molecule has 0 heterocycles. The Morgan fingerprint density at radius 3 is 0.345 bits per heavy atom. The molecule has 0 saturated heterocycles. The van der Waals surface area contributed by atoms with Crippen molar-refractivity contribution in [1.82, 2.24) is 0 Å². The molecule has 0 aliphatic rings. The minimum atomic E-state index is -5.17. The van der Waals surface area contributed by atoms with Crippen molar-refractivity contribution in [2.24, 2.45) is 0 Å². The van der Waals surface area contributed by atoms with Gasteiger partial charge in [-0.15, -0.1) is 0 Å². The molecular weight excluding hydrogens is 622 g/mol. The molecule has 214 valence electrons. The van der Waals surface area contributed by atoms with Crippen molar-refractivity contribution in [3.05, 3.63) is 0 Å². The van der Waals surface area contributed by atoms with Gasteiger partial charge in [0, 0.05) is 37.9 Å². The zero-order valence-electron chi connectivity index (χ0n) is 13.1. The predicted octanol–water partition coefficient (Wildman–Crippen LogP) is -15.9. The summed E-state index contributed by atoms with van der Waals surface area (Å²) in [6, 6.07) is 0. The Kier molecular flexibility index (Phi) is 1530. The minimum absolute atomic E-state index is 0. The zero-order valence-corrected chi connectivity index (χ0v) is 18.0. The maximum absolute atomic E-state index is 8.52. The summed E-state index contributed by atoms with van der Waals surface area (Å²) in [5.41, 5.74) is 0. The maximum atomic E-state index is 8.52. The summed E-state index contributed by atoms with van der Waals surface area (Å²) >= 11 is 0. The van der Waals surface area contributed by atoms with E-state index in [1.54, 1.807) is 0 Å². The first-order chi connectivity index (χ1) is 4.00. The Balaban J connectivity index is -0.00000000140. The average Bonchev–Trinajstić information content (AvgIpc) is 1.12. The minimum Gasteiger partial charge on any atom is -0.759 e. The molecule has 0 atom stereocenters. The molecule has 0 aromatic carbocycles. The average molecular weight is 655 g/mol. The fourth-order valence-corrected chi connectivity index (χ4v) is 0. The summed E-state index contributed by atoms with van der Waals surface area (Å²) in [6.45, 7) is 0. The van der Waals surface area contributed by atoms with Crippen LogP contribution in [-0.4, -0.2) is 123 Å². The van der Waals surface area contributed by atoms with Crippen LogP contribution in [0.2, 0.25) is 0 Å². The van der Waals surface area contributed by atoms with E-state index in [4.69, 9.17) is 35.0 Å². The summed E-state index contributed by atoms with van der Waals surface area (Å²) in [7, 11) is -10.3. The van der Waals surface area contributed by atoms with Gasteiger partial charge in [0.15, 0.2) is 0 Å². The summed E-state index contributed by atoms with van der Waals surface area (Å²) in [6.07, 6.45) is 0. The van der Waals surface area contributed by atoms with E-state index in [0.717, 1.165) is 0 Å². The third kappa shape index (κ3) is 47000. The van der Waals surface area contributed by atoms with Crippen LogP contribution in [0.4, 0.5) is 0 Å². The summed E-state index contributed by atoms with van der Waals surface area (Å²) in [5, 5.41) is 0. The first-order valence-electron chi connectivity index (χ1n) is 1.33. The molecule has 0 aromatic heterocycles. The standard InChI is InChI=1S/Cu.Fe.Mn.2H2O4S.16H2O/c;;;2*1-5(2,3)4;;;;;;;;;;;;;;;;/h;;;2*(H2,1,2,3,4);16*1H2/q2*+2;;;;;;;;;;;;;;;;;;;/p-4. The Labute approximate surface area is 194 Å². The van der Waals surface area contributed by atoms with E-state index in [1.807, 2.05) is 0 Å². The van der Waals surface area contributed by atoms with Crippen LogP contribution in [-0.2, 0) is 72.0 Å². The van der Waals surface area contributed by atoms with Gasteiger partial charge in [0.05, 0.1) is 0 Å². The van der Waals surface area contributed by atoms with Crippen molar-refractivity contribution in [3.63, 3.8) is 0 Å². The molecule has 24 nitrogen and oxygen atoms in total. The SMILES string of the molecule is O.O.O.O.O.O.O.O.O.O.O.O.O.O.O.O.O=S(=O)([O-])[O-].O=S(=O)([O-])[O-].[Cu+2].[Fe+2].[Mn]. The largest absolute Gasteiger partial charge is 2.00 e. The van der Waals surface area contributed by atoms with Gasteiger partial charge in [-0.1, -0.05) is 0 Å². The van der Waals surface area contributed by atoms with E-state index >= 15 is 0 Å². The van der Waals surface area contributed by atoms with Crippen molar-refractivity contribution >= 4 is 20.8 Å². The molecule has 0 amide bonds. The molecule has 29 heavy (non-hydrogen) atoms. The Bertz CT molecular complexity index is 225. The molecule has 0 saturated carbocycles. The number of rotatable bonds is 0. The second-order valence-electron chi connectivity index (χ2n) is 0.816. The van der Waals surface area contributed by atoms with Gasteiger partial charge in [-0.25, -0.2) is 0 Å². The smallest absolute Gasteiger partial charge is 0.759 e. The molecule has 0 aliphatic carbocycles. The fraction of sp³-hybridized carbons (Fsp3) is 0. The van der Waals surface area contributed by atoms with Crippen LogP contribution in [0.1, 0.15) is 0 Å². The van der Waals surface area contributed by atoms with Crippen LogP contribution in [0, 0.1) is 0 Å². The molecule has 0 rings (SSSR count). The van der Waals surface area contributed by atoms with Crippen LogP contribution < -0.4 is 0 Å². The van der Waals surface area contributed by atoms with Crippen molar-refractivity contribution < 1.29 is 174 Å². The third-order valence-electron chi connectivity index (χ3n) is 0. The van der Waals surface area contributed by atoms with E-state index in [-0.39, 0.29) is 139 Å². The van der Waals surface area contributed by atoms with Crippen LogP contribution >= 0.6 is 0 Å². The molecular formula is H32CuFeMnO24S2. The summed E-state index contributed by atoms with van der Waals surface area (Å²) < 4.78 is 68.2. The fourth-order valence-electron chi connectivity index (χ4n) is 0. The normalized spacial score (nSPS) is 4.00. The molecule has 2 radical (unpaired) electrons. The van der Waals surface area contributed by atoms with E-state index < -0.39 is 20.8 Å². The van der Waals surface area contributed by atoms with Crippen LogP contribution in [0.15, 0.2) is 0 Å². The molecule has 0 aliphatic heterocycles. The van der Waals surface area contributed by atoms with Crippen molar-refractivity contribution in [2.45, 2.75) is 0 Å². The molecule has 32 N–H and O–H groups in total. The van der Waals surface area contributed by atoms with Gasteiger partial charge in [-0.05, 0) is 0 Å². The Morgan fingerprint density at radius 2 is 0.345 bits per heavy atom. The third-order valence-corrected chi connectivity index (χ3v) is 0. The maximum Gasteiger partial charge on any atom is 2.00 e. The quantitative estimate of drug-likeness (QED) is 0.137. The Hall–Kier alpha value is 0.658. The van der Waals surface area contributed by atoms with Crippen molar-refractivity contribution in [2.75, 3.05) is 0 Å². The van der Waals surface area contributed by atoms with E-state index in [9.17, 15) is 0 Å². The van der Waals surface area contributed by atoms with Gasteiger partial charge < -0.3 is 106 Å². The van der Waals surface area contributed by atoms with E-state index in [0.29, 0.717) is 0 Å². The van der Waals surface area contributed by atoms with E-state index in [1.165, 1.54) is 0 Å². The van der Waals surface area contributed by atoms with E-state index in [2.05, 4.69) is 0 Å². The van der Waals surface area contributed by atoms with Gasteiger partial charge in [0.1, 0.15) is 0 Å². The van der Waals surface area contributed by atoms with Gasteiger partial charge in [-0.3, -0.25) is 16.8 Å². The molecule has 29 heteroatoms. The number of hydrogen-bond donors (Lipinski definition) is 0. The molecule has 0 spiro atoms. The monoisotopic (exact) mass is 654 g/mol. The van der Waals surface area contributed by atoms with Crippen molar-refractivity contribution in [3.8, 4) is 0 Å². The zero-order chi connectivity index (χ0) is 9.00. The van der Waals surface area contributed by atoms with Crippen LogP contribution in [0.25, 0.3) is 0 Å². The number of hydrogen-bond acceptors (Lipinski definition) is 8. The van der Waals surface area contributed by atoms with Crippen LogP contribution in [0.5, 0.6) is 0 Å². The topological polar surface area (TPSA) is 665 Å². The second kappa shape index (κ2) is 137. The first kappa shape index (κ1) is 325. The summed E-state index contributed by atoms with van der Waals surface area (Å²) in [4.78, 5) is 0. The second-order valence-corrected chi connectivity index (χ2v) is 2.45. The Morgan fingerprint density at radius 1 is 0.345 bits per heavy atom. The van der Waals surface area contributed by atoms with Crippen molar-refractivity contribution in [1.29, 1.82) is 0 Å². The van der Waals surface area contributed by atoms with Crippen LogP contribution in [0.3, 0.4) is 0 Å². The molecule has 0 unspecified atom stereocenters.